The van der Waals surface area contributed by atoms with Crippen LogP contribution in [-0.2, 0) is 13.1 Å². The molecule has 0 saturated carbocycles. The summed E-state index contributed by atoms with van der Waals surface area (Å²) in [5, 5.41) is 8.39. The van der Waals surface area contributed by atoms with Gasteiger partial charge in [-0.05, 0) is 36.1 Å². The first-order valence-corrected chi connectivity index (χ1v) is 10.5. The molecule has 0 radical (unpaired) electrons. The maximum atomic E-state index is 13.0. The number of unbranched alkanes of at least 4 members (excludes halogenated alkanes) is 1. The van der Waals surface area contributed by atoms with Gasteiger partial charge < -0.3 is 10.1 Å². The molecule has 0 aliphatic heterocycles. The molecule has 0 unspecified atom stereocenters. The van der Waals surface area contributed by atoms with E-state index in [1.807, 2.05) is 44.2 Å². The normalized spacial score (nSPS) is 11.1. The Kier molecular flexibility index (Phi) is 7.22. The lowest BCUT2D eigenvalue weighted by molar-refractivity contribution is 0.0945. The number of nitrogens with one attached hydrogen (secondary N) is 1. The minimum absolute atomic E-state index is 0.173. The number of aromatic nitrogens is 2. The molecule has 6 heteroatoms. The fourth-order valence-electron chi connectivity index (χ4n) is 3.22. The first kappa shape index (κ1) is 21.6. The Bertz CT molecular complexity index is 1070. The van der Waals surface area contributed by atoms with Crippen molar-refractivity contribution in [2.24, 2.45) is 5.92 Å². The highest BCUT2D eigenvalue weighted by Gasteiger charge is 2.17. The Morgan fingerprint density at radius 2 is 1.90 bits per heavy atom. The van der Waals surface area contributed by atoms with E-state index in [1.165, 1.54) is 4.68 Å². The van der Waals surface area contributed by atoms with Gasteiger partial charge in [-0.15, -0.1) is 0 Å². The third-order valence-electron chi connectivity index (χ3n) is 4.74. The Labute approximate surface area is 176 Å². The smallest absolute Gasteiger partial charge is 0.274 e. The summed E-state index contributed by atoms with van der Waals surface area (Å²) >= 11 is 0. The predicted octanol–water partition coefficient (Wildman–Crippen LogP) is 4.16. The molecule has 1 aromatic heterocycles. The van der Waals surface area contributed by atoms with Gasteiger partial charge in [-0.1, -0.05) is 57.5 Å². The number of fused-ring (bicyclic) bond motifs is 1. The van der Waals surface area contributed by atoms with Crippen LogP contribution in [0.15, 0.2) is 53.3 Å². The second-order valence-corrected chi connectivity index (χ2v) is 7.81. The lowest BCUT2D eigenvalue weighted by Gasteiger charge is -2.13. The van der Waals surface area contributed by atoms with E-state index in [-0.39, 0.29) is 23.1 Å². The summed E-state index contributed by atoms with van der Waals surface area (Å²) < 4.78 is 7.13. The molecule has 0 atom stereocenters. The second-order valence-electron chi connectivity index (χ2n) is 7.81. The number of rotatable bonds is 9. The fourth-order valence-corrected chi connectivity index (χ4v) is 3.22. The van der Waals surface area contributed by atoms with Gasteiger partial charge in [0.05, 0.1) is 12.0 Å². The van der Waals surface area contributed by atoms with E-state index < -0.39 is 0 Å². The average Bonchev–Trinajstić information content (AvgIpc) is 2.74. The summed E-state index contributed by atoms with van der Waals surface area (Å²) in [6.07, 6.45) is 2.08. The molecule has 0 fully saturated rings. The molecule has 0 saturated heterocycles. The largest absolute Gasteiger partial charge is 0.494 e. The molecule has 3 rings (SSSR count). The van der Waals surface area contributed by atoms with Crippen LogP contribution >= 0.6 is 0 Å². The number of benzene rings is 2. The molecule has 30 heavy (non-hydrogen) atoms. The quantitative estimate of drug-likeness (QED) is 0.541. The Hall–Kier alpha value is -3.15. The number of ether oxygens (including phenoxy) is 1. The maximum absolute atomic E-state index is 13.0. The van der Waals surface area contributed by atoms with Crippen molar-refractivity contribution < 1.29 is 9.53 Å². The number of carbonyl (C=O) groups excluding carboxylic acids is 1. The summed E-state index contributed by atoms with van der Waals surface area (Å²) in [6, 6.07) is 14.8. The van der Waals surface area contributed by atoms with Gasteiger partial charge in [0.15, 0.2) is 5.69 Å². The summed E-state index contributed by atoms with van der Waals surface area (Å²) in [6.45, 7) is 7.64. The van der Waals surface area contributed by atoms with Gasteiger partial charge in [0.2, 0.25) is 0 Å². The molecule has 0 bridgehead atoms. The molecule has 0 aliphatic carbocycles. The number of hydrogen-bond acceptors (Lipinski definition) is 4. The SMILES string of the molecule is CCCCOc1cccc(CNC(=O)c2nn(CC(C)C)c(=O)c3ccccc23)c1. The minimum atomic E-state index is -0.305. The average molecular weight is 408 g/mol. The lowest BCUT2D eigenvalue weighted by Crippen LogP contribution is -2.31. The van der Waals surface area contributed by atoms with Gasteiger partial charge in [-0.25, -0.2) is 4.68 Å². The third-order valence-corrected chi connectivity index (χ3v) is 4.74. The summed E-state index contributed by atoms with van der Waals surface area (Å²) in [5.41, 5.74) is 1.03. The van der Waals surface area contributed by atoms with Crippen LogP contribution in [0.4, 0.5) is 0 Å². The topological polar surface area (TPSA) is 73.2 Å². The third kappa shape index (κ3) is 5.26. The Morgan fingerprint density at radius 3 is 2.63 bits per heavy atom. The van der Waals surface area contributed by atoms with Crippen LogP contribution < -0.4 is 15.6 Å². The van der Waals surface area contributed by atoms with E-state index in [1.54, 1.807) is 18.2 Å². The minimum Gasteiger partial charge on any atom is -0.494 e. The van der Waals surface area contributed by atoms with E-state index in [0.29, 0.717) is 30.5 Å². The van der Waals surface area contributed by atoms with Gasteiger partial charge in [0, 0.05) is 18.5 Å². The van der Waals surface area contributed by atoms with Crippen molar-refractivity contribution in [3.63, 3.8) is 0 Å². The van der Waals surface area contributed by atoms with E-state index in [9.17, 15) is 9.59 Å². The summed E-state index contributed by atoms with van der Waals surface area (Å²) in [5.74, 6) is 0.730. The summed E-state index contributed by atoms with van der Waals surface area (Å²) in [7, 11) is 0. The number of amides is 1. The Balaban J connectivity index is 1.81. The van der Waals surface area contributed by atoms with Gasteiger partial charge >= 0.3 is 0 Å². The molecule has 0 aliphatic rings. The highest BCUT2D eigenvalue weighted by atomic mass is 16.5. The van der Waals surface area contributed by atoms with Crippen molar-refractivity contribution in [2.45, 2.75) is 46.7 Å². The zero-order valence-electron chi connectivity index (χ0n) is 17.9. The summed E-state index contributed by atoms with van der Waals surface area (Å²) in [4.78, 5) is 25.7. The van der Waals surface area contributed by atoms with Crippen LogP contribution in [0.25, 0.3) is 10.8 Å². The molecule has 0 spiro atoms. The van der Waals surface area contributed by atoms with Crippen molar-refractivity contribution >= 4 is 16.7 Å². The van der Waals surface area contributed by atoms with Crippen LogP contribution in [0.5, 0.6) is 5.75 Å². The van der Waals surface area contributed by atoms with Crippen molar-refractivity contribution in [2.75, 3.05) is 6.61 Å². The van der Waals surface area contributed by atoms with Gasteiger partial charge in [-0.2, -0.15) is 5.10 Å². The van der Waals surface area contributed by atoms with Crippen molar-refractivity contribution in [3.05, 3.63) is 70.1 Å². The van der Waals surface area contributed by atoms with E-state index in [2.05, 4.69) is 17.3 Å². The zero-order chi connectivity index (χ0) is 21.5. The van der Waals surface area contributed by atoms with E-state index in [4.69, 9.17) is 4.74 Å². The molecule has 2 aromatic carbocycles. The van der Waals surface area contributed by atoms with Crippen LogP contribution in [0, 0.1) is 5.92 Å². The standard InChI is InChI=1S/C24H29N3O3/c1-4-5-13-30-19-10-8-9-18(14-19)15-25-23(28)22-20-11-6-7-12-21(20)24(29)27(26-22)16-17(2)3/h6-12,14,17H,4-5,13,15-16H2,1-3H3,(H,25,28). The van der Waals surface area contributed by atoms with Crippen LogP contribution in [0.2, 0.25) is 0 Å². The lowest BCUT2D eigenvalue weighted by atomic mass is 10.1. The van der Waals surface area contributed by atoms with Gasteiger partial charge in [0.1, 0.15) is 5.75 Å². The monoisotopic (exact) mass is 407 g/mol. The van der Waals surface area contributed by atoms with Crippen molar-refractivity contribution in [1.82, 2.24) is 15.1 Å². The fraction of sp³-hybridized carbons (Fsp3) is 0.375. The highest BCUT2D eigenvalue weighted by Crippen LogP contribution is 2.16. The van der Waals surface area contributed by atoms with Crippen molar-refractivity contribution in [3.8, 4) is 5.75 Å². The second kappa shape index (κ2) is 10.1. The zero-order valence-corrected chi connectivity index (χ0v) is 17.9. The number of carbonyl (C=O) groups is 1. The van der Waals surface area contributed by atoms with Crippen LogP contribution in [0.1, 0.15) is 49.7 Å². The van der Waals surface area contributed by atoms with Crippen LogP contribution in [-0.4, -0.2) is 22.3 Å². The first-order valence-electron chi connectivity index (χ1n) is 10.5. The molecule has 3 aromatic rings. The molecular formula is C24H29N3O3. The molecule has 1 N–H and O–H groups in total. The van der Waals surface area contributed by atoms with Gasteiger partial charge in [-0.3, -0.25) is 9.59 Å². The first-order chi connectivity index (χ1) is 14.5. The predicted molar refractivity (Wildman–Crippen MR) is 119 cm³/mol. The molecule has 1 heterocycles. The van der Waals surface area contributed by atoms with Gasteiger partial charge in [0.25, 0.3) is 11.5 Å². The molecule has 1 amide bonds. The van der Waals surface area contributed by atoms with E-state index in [0.717, 1.165) is 24.2 Å². The van der Waals surface area contributed by atoms with Crippen LogP contribution in [0.3, 0.4) is 0 Å². The Morgan fingerprint density at radius 1 is 1.13 bits per heavy atom. The molecule has 6 nitrogen and oxygen atoms in total. The number of hydrogen-bond donors (Lipinski definition) is 1. The van der Waals surface area contributed by atoms with Crippen molar-refractivity contribution in [1.29, 1.82) is 0 Å². The van der Waals surface area contributed by atoms with E-state index >= 15 is 0 Å². The molecular weight excluding hydrogens is 378 g/mol. The highest BCUT2D eigenvalue weighted by molar-refractivity contribution is 6.04. The molecule has 158 valence electrons. The maximum Gasteiger partial charge on any atom is 0.274 e. The number of nitrogens with zero attached hydrogens (tertiary/aromatic N) is 2.